The number of hydrogen-bond acceptors (Lipinski definition) is 3. The summed E-state index contributed by atoms with van der Waals surface area (Å²) < 4.78 is 42.8. The van der Waals surface area contributed by atoms with Gasteiger partial charge in [-0.25, -0.2) is 4.98 Å². The van der Waals surface area contributed by atoms with E-state index in [1.54, 1.807) is 0 Å². The summed E-state index contributed by atoms with van der Waals surface area (Å²) in [6.45, 7) is 0.481. The summed E-state index contributed by atoms with van der Waals surface area (Å²) in [4.78, 5) is 18.1. The Hall–Kier alpha value is -3.13. The van der Waals surface area contributed by atoms with E-state index < -0.39 is 29.9 Å². The minimum atomic E-state index is -5.06. The Labute approximate surface area is 185 Å². The van der Waals surface area contributed by atoms with Crippen molar-refractivity contribution in [1.82, 2.24) is 14.5 Å². The number of carbonyl (C=O) groups is 1. The molecule has 2 aromatic carbocycles. The van der Waals surface area contributed by atoms with Crippen molar-refractivity contribution < 1.29 is 23.1 Å². The van der Waals surface area contributed by atoms with Gasteiger partial charge in [-0.05, 0) is 24.0 Å². The van der Waals surface area contributed by atoms with Crippen LogP contribution >= 0.6 is 0 Å². The molecular weight excluding hydrogens is 419 g/mol. The molecule has 0 aliphatic heterocycles. The molecule has 1 amide bonds. The molecule has 0 aliphatic rings. The molecule has 1 aromatic heterocycles. The standard InChI is InChI=1S/C24H26F3N3O2/c1-29-17-14-28-22(29)23(32,24(25,26)27)18-21(31)30(15-12-19-8-4-2-5-9-19)16-13-20-10-6-3-7-11-20/h2-11,14,17,32H,12-13,15-16,18H2,1H3. The fourth-order valence-electron chi connectivity index (χ4n) is 3.58. The van der Waals surface area contributed by atoms with Gasteiger partial charge in [-0.3, -0.25) is 4.79 Å². The molecule has 8 heteroatoms. The summed E-state index contributed by atoms with van der Waals surface area (Å²) in [6, 6.07) is 18.8. The van der Waals surface area contributed by atoms with E-state index in [-0.39, 0.29) is 13.1 Å². The Balaban J connectivity index is 1.81. The highest BCUT2D eigenvalue weighted by molar-refractivity contribution is 5.77. The Morgan fingerprint density at radius 3 is 1.88 bits per heavy atom. The Bertz CT molecular complexity index is 963. The van der Waals surface area contributed by atoms with Crippen molar-refractivity contribution in [2.24, 2.45) is 7.05 Å². The van der Waals surface area contributed by atoms with Gasteiger partial charge in [0.15, 0.2) is 5.82 Å². The number of aliphatic hydroxyl groups is 1. The lowest BCUT2D eigenvalue weighted by Crippen LogP contribution is -2.49. The summed E-state index contributed by atoms with van der Waals surface area (Å²) >= 11 is 0. The van der Waals surface area contributed by atoms with Crippen molar-refractivity contribution in [2.75, 3.05) is 13.1 Å². The molecule has 5 nitrogen and oxygen atoms in total. The van der Waals surface area contributed by atoms with Crippen LogP contribution in [-0.4, -0.2) is 44.7 Å². The third kappa shape index (κ3) is 5.56. The van der Waals surface area contributed by atoms with Gasteiger partial charge in [0.1, 0.15) is 0 Å². The van der Waals surface area contributed by atoms with Gasteiger partial charge < -0.3 is 14.6 Å². The number of aryl methyl sites for hydroxylation is 1. The zero-order valence-electron chi connectivity index (χ0n) is 17.8. The summed E-state index contributed by atoms with van der Waals surface area (Å²) in [5.41, 5.74) is -1.43. The van der Waals surface area contributed by atoms with Crippen LogP contribution in [0.1, 0.15) is 23.4 Å². The van der Waals surface area contributed by atoms with Crippen molar-refractivity contribution >= 4 is 5.91 Å². The number of hydrogen-bond donors (Lipinski definition) is 1. The number of carbonyl (C=O) groups excluding carboxylic acids is 1. The number of aromatic nitrogens is 2. The summed E-state index contributed by atoms with van der Waals surface area (Å²) in [5.74, 6) is -1.39. The van der Waals surface area contributed by atoms with E-state index in [1.807, 2.05) is 60.7 Å². The maximum atomic E-state index is 13.9. The van der Waals surface area contributed by atoms with Crippen molar-refractivity contribution in [3.63, 3.8) is 0 Å². The Morgan fingerprint density at radius 2 is 1.47 bits per heavy atom. The maximum Gasteiger partial charge on any atom is 0.425 e. The van der Waals surface area contributed by atoms with Gasteiger partial charge in [-0.15, -0.1) is 0 Å². The molecule has 3 aromatic rings. The number of amides is 1. The third-order valence-corrected chi connectivity index (χ3v) is 5.45. The first-order valence-corrected chi connectivity index (χ1v) is 10.3. The predicted octanol–water partition coefficient (Wildman–Crippen LogP) is 3.87. The van der Waals surface area contributed by atoms with Crippen molar-refractivity contribution in [2.45, 2.75) is 31.0 Å². The van der Waals surface area contributed by atoms with Gasteiger partial charge in [0.2, 0.25) is 11.5 Å². The van der Waals surface area contributed by atoms with Crippen LogP contribution in [0, 0.1) is 0 Å². The molecule has 1 unspecified atom stereocenters. The fourth-order valence-corrected chi connectivity index (χ4v) is 3.58. The Kier molecular flexibility index (Phi) is 7.35. The molecular formula is C24H26F3N3O2. The molecule has 1 heterocycles. The summed E-state index contributed by atoms with van der Waals surface area (Å²) in [6.07, 6.45) is -2.74. The van der Waals surface area contributed by atoms with Gasteiger partial charge in [-0.2, -0.15) is 13.2 Å². The number of rotatable bonds is 9. The number of halogens is 3. The highest BCUT2D eigenvalue weighted by Crippen LogP contribution is 2.41. The fraction of sp³-hybridized carbons (Fsp3) is 0.333. The van der Waals surface area contributed by atoms with E-state index in [1.165, 1.54) is 24.3 Å². The highest BCUT2D eigenvalue weighted by atomic mass is 19.4. The van der Waals surface area contributed by atoms with Gasteiger partial charge in [-0.1, -0.05) is 60.7 Å². The number of nitrogens with zero attached hydrogens (tertiary/aromatic N) is 3. The second kappa shape index (κ2) is 9.99. The quantitative estimate of drug-likeness (QED) is 0.544. The largest absolute Gasteiger partial charge is 0.425 e. The minimum Gasteiger partial charge on any atom is -0.374 e. The van der Waals surface area contributed by atoms with E-state index in [4.69, 9.17) is 0 Å². The average molecular weight is 445 g/mol. The molecule has 1 atom stereocenters. The van der Waals surface area contributed by atoms with E-state index in [2.05, 4.69) is 4.98 Å². The topological polar surface area (TPSA) is 58.4 Å². The van der Waals surface area contributed by atoms with Crippen LogP contribution in [0.25, 0.3) is 0 Å². The molecule has 170 valence electrons. The van der Waals surface area contributed by atoms with Gasteiger partial charge >= 0.3 is 6.18 Å². The maximum absolute atomic E-state index is 13.9. The zero-order valence-corrected chi connectivity index (χ0v) is 17.8. The third-order valence-electron chi connectivity index (χ3n) is 5.45. The van der Waals surface area contributed by atoms with Gasteiger partial charge in [0, 0.05) is 32.5 Å². The molecule has 0 spiro atoms. The summed E-state index contributed by atoms with van der Waals surface area (Å²) in [7, 11) is 1.35. The Morgan fingerprint density at radius 1 is 0.969 bits per heavy atom. The molecule has 3 rings (SSSR count). The monoisotopic (exact) mass is 445 g/mol. The van der Waals surface area contributed by atoms with E-state index in [9.17, 15) is 23.1 Å². The van der Waals surface area contributed by atoms with Gasteiger partial charge in [0.25, 0.3) is 0 Å². The first kappa shape index (κ1) is 23.5. The SMILES string of the molecule is Cn1ccnc1C(O)(CC(=O)N(CCc1ccccc1)CCc1ccccc1)C(F)(F)F. The highest BCUT2D eigenvalue weighted by Gasteiger charge is 2.59. The van der Waals surface area contributed by atoms with Crippen LogP contribution in [0.3, 0.4) is 0 Å². The van der Waals surface area contributed by atoms with Crippen LogP contribution in [0.5, 0.6) is 0 Å². The van der Waals surface area contributed by atoms with Crippen molar-refractivity contribution in [3.05, 3.63) is 90.0 Å². The van der Waals surface area contributed by atoms with Crippen LogP contribution in [0.15, 0.2) is 73.1 Å². The zero-order chi connectivity index (χ0) is 23.2. The smallest absolute Gasteiger partial charge is 0.374 e. The number of benzene rings is 2. The van der Waals surface area contributed by atoms with Crippen LogP contribution in [0.2, 0.25) is 0 Å². The molecule has 0 aliphatic carbocycles. The van der Waals surface area contributed by atoms with Crippen LogP contribution < -0.4 is 0 Å². The first-order chi connectivity index (χ1) is 15.2. The minimum absolute atomic E-state index is 0.240. The lowest BCUT2D eigenvalue weighted by Gasteiger charge is -2.32. The lowest BCUT2D eigenvalue weighted by molar-refractivity contribution is -0.272. The summed E-state index contributed by atoms with van der Waals surface area (Å²) in [5, 5.41) is 10.6. The normalized spacial score (nSPS) is 13.5. The molecule has 0 saturated carbocycles. The molecule has 0 fully saturated rings. The van der Waals surface area contributed by atoms with E-state index in [0.717, 1.165) is 15.7 Å². The number of alkyl halides is 3. The molecule has 0 saturated heterocycles. The van der Waals surface area contributed by atoms with Crippen molar-refractivity contribution in [3.8, 4) is 0 Å². The molecule has 32 heavy (non-hydrogen) atoms. The van der Waals surface area contributed by atoms with Crippen LogP contribution in [0.4, 0.5) is 13.2 Å². The second-order valence-corrected chi connectivity index (χ2v) is 7.75. The van der Waals surface area contributed by atoms with E-state index >= 15 is 0 Å². The molecule has 0 bridgehead atoms. The van der Waals surface area contributed by atoms with Gasteiger partial charge in [0.05, 0.1) is 6.42 Å². The first-order valence-electron chi connectivity index (χ1n) is 10.3. The lowest BCUT2D eigenvalue weighted by atomic mass is 9.96. The van der Waals surface area contributed by atoms with Crippen molar-refractivity contribution in [1.29, 1.82) is 0 Å². The molecule has 1 N–H and O–H groups in total. The van der Waals surface area contributed by atoms with E-state index in [0.29, 0.717) is 12.8 Å². The van der Waals surface area contributed by atoms with Crippen LogP contribution in [-0.2, 0) is 30.3 Å². The average Bonchev–Trinajstić information content (AvgIpc) is 3.20. The predicted molar refractivity (Wildman–Crippen MR) is 115 cm³/mol. The molecule has 0 radical (unpaired) electrons. The second-order valence-electron chi connectivity index (χ2n) is 7.75. The number of imidazole rings is 1.